The van der Waals surface area contributed by atoms with Crippen LogP contribution in [0.15, 0.2) is 12.3 Å². The summed E-state index contributed by atoms with van der Waals surface area (Å²) in [5.41, 5.74) is 0.789. The van der Waals surface area contributed by atoms with Crippen LogP contribution in [-0.4, -0.2) is 32.3 Å². The van der Waals surface area contributed by atoms with Gasteiger partial charge in [-0.3, -0.25) is 0 Å². The summed E-state index contributed by atoms with van der Waals surface area (Å²) in [5, 5.41) is 13.1. The average Bonchev–Trinajstić information content (AvgIpc) is 2.66. The Hall–Kier alpha value is -2.09. The van der Waals surface area contributed by atoms with Crippen molar-refractivity contribution in [1.29, 1.82) is 0 Å². The van der Waals surface area contributed by atoms with Crippen LogP contribution in [0, 0.1) is 6.92 Å². The molecule has 0 saturated heterocycles. The molecule has 0 radical (unpaired) electrons. The zero-order valence-corrected chi connectivity index (χ0v) is 10.2. The number of fused-ring (bicyclic) bond motifs is 1. The van der Waals surface area contributed by atoms with Crippen LogP contribution < -0.4 is 0 Å². The van der Waals surface area contributed by atoms with Crippen molar-refractivity contribution in [2.24, 2.45) is 0 Å². The molecular formula is C11H11F2N3O3. The molecule has 0 aliphatic carbocycles. The molecule has 2 rings (SSSR count). The van der Waals surface area contributed by atoms with Gasteiger partial charge in [0.15, 0.2) is 5.65 Å². The van der Waals surface area contributed by atoms with E-state index in [1.165, 1.54) is 11.4 Å². The second kappa shape index (κ2) is 4.88. The van der Waals surface area contributed by atoms with Gasteiger partial charge in [0.25, 0.3) is 0 Å². The Balaban J connectivity index is 2.64. The molecule has 0 unspecified atom stereocenters. The molecule has 1 N–H and O–H groups in total. The number of rotatable bonds is 4. The van der Waals surface area contributed by atoms with Gasteiger partial charge in [-0.25, -0.2) is 14.3 Å². The number of hydrogen-bond donors (Lipinski definition) is 1. The fraction of sp³-hybridized carbons (Fsp3) is 0.364. The van der Waals surface area contributed by atoms with Gasteiger partial charge in [0.1, 0.15) is 11.7 Å². The molecule has 0 aliphatic heterocycles. The number of alkyl halides is 2. The molecular weight excluding hydrogens is 260 g/mol. The lowest BCUT2D eigenvalue weighted by atomic mass is 10.1. The number of aromatic nitrogens is 3. The maximum atomic E-state index is 12.3. The van der Waals surface area contributed by atoms with E-state index in [0.29, 0.717) is 11.3 Å². The average molecular weight is 271 g/mol. The Kier molecular flexibility index (Phi) is 3.43. The van der Waals surface area contributed by atoms with E-state index in [4.69, 9.17) is 5.11 Å². The summed E-state index contributed by atoms with van der Waals surface area (Å²) < 4.78 is 30.2. The van der Waals surface area contributed by atoms with Crippen molar-refractivity contribution in [1.82, 2.24) is 14.6 Å². The van der Waals surface area contributed by atoms with Crippen molar-refractivity contribution in [3.63, 3.8) is 0 Å². The third-order valence-electron chi connectivity index (χ3n) is 2.57. The predicted octanol–water partition coefficient (Wildman–Crippen LogP) is 2.04. The molecule has 0 fully saturated rings. The van der Waals surface area contributed by atoms with E-state index in [0.717, 1.165) is 6.20 Å². The van der Waals surface area contributed by atoms with Crippen molar-refractivity contribution in [2.75, 3.05) is 0 Å². The third kappa shape index (κ3) is 2.53. The molecule has 8 heteroatoms. The highest BCUT2D eigenvalue weighted by molar-refractivity contribution is 5.89. The number of hydrogen-bond acceptors (Lipinski definition) is 4. The van der Waals surface area contributed by atoms with Crippen molar-refractivity contribution >= 4 is 11.6 Å². The molecule has 0 saturated carbocycles. The maximum Gasteiger partial charge on any atom is 0.345 e. The first-order chi connectivity index (χ1) is 8.90. The maximum absolute atomic E-state index is 12.3. The number of nitrogens with zero attached hydrogens (tertiary/aromatic N) is 3. The molecule has 0 aromatic carbocycles. The summed E-state index contributed by atoms with van der Waals surface area (Å²) in [5.74, 6) is -1.28. The molecule has 2 heterocycles. The highest BCUT2D eigenvalue weighted by Crippen LogP contribution is 2.24. The second-order valence-electron chi connectivity index (χ2n) is 3.96. The van der Waals surface area contributed by atoms with Gasteiger partial charge in [-0.1, -0.05) is 0 Å². The standard InChI is InChI=1S/C11H11F2N3O3/c1-5-3-8-14-4-7(10(17)18)9(16(8)15-5)6(2)19-11(12)13/h3-4,6,11H,1-2H3,(H,17,18)/t6-/m0/s1. The van der Waals surface area contributed by atoms with Crippen LogP contribution in [0.25, 0.3) is 5.65 Å². The third-order valence-corrected chi connectivity index (χ3v) is 2.57. The Labute approximate surface area is 106 Å². The smallest absolute Gasteiger partial charge is 0.345 e. The Morgan fingerprint density at radius 2 is 2.21 bits per heavy atom. The second-order valence-corrected chi connectivity index (χ2v) is 3.96. The van der Waals surface area contributed by atoms with Crippen LogP contribution in [0.5, 0.6) is 0 Å². The predicted molar refractivity (Wildman–Crippen MR) is 60.2 cm³/mol. The number of aromatic carboxylic acids is 1. The first kappa shape index (κ1) is 13.3. The van der Waals surface area contributed by atoms with E-state index in [-0.39, 0.29) is 11.3 Å². The van der Waals surface area contributed by atoms with Crippen LogP contribution in [-0.2, 0) is 4.74 Å². The van der Waals surface area contributed by atoms with Crippen molar-refractivity contribution in [2.45, 2.75) is 26.6 Å². The van der Waals surface area contributed by atoms with Crippen LogP contribution in [0.4, 0.5) is 8.78 Å². The number of aryl methyl sites for hydroxylation is 1. The summed E-state index contributed by atoms with van der Waals surface area (Å²) in [6.07, 6.45) is -0.0182. The molecule has 2 aromatic rings. The summed E-state index contributed by atoms with van der Waals surface area (Å²) >= 11 is 0. The SMILES string of the molecule is Cc1cc2ncc(C(=O)O)c([C@H](C)OC(F)F)n2n1. The highest BCUT2D eigenvalue weighted by Gasteiger charge is 2.23. The summed E-state index contributed by atoms with van der Waals surface area (Å²) in [4.78, 5) is 15.1. The monoisotopic (exact) mass is 271 g/mol. The molecule has 6 nitrogen and oxygen atoms in total. The largest absolute Gasteiger partial charge is 0.478 e. The lowest BCUT2D eigenvalue weighted by molar-refractivity contribution is -0.161. The molecule has 0 aliphatic rings. The van der Waals surface area contributed by atoms with Crippen molar-refractivity contribution in [3.8, 4) is 0 Å². The fourth-order valence-corrected chi connectivity index (χ4v) is 1.84. The molecule has 102 valence electrons. The zero-order chi connectivity index (χ0) is 14.2. The number of ether oxygens (including phenoxy) is 1. The quantitative estimate of drug-likeness (QED) is 0.920. The van der Waals surface area contributed by atoms with Gasteiger partial charge < -0.3 is 9.84 Å². The van der Waals surface area contributed by atoms with E-state index < -0.39 is 18.7 Å². The van der Waals surface area contributed by atoms with Crippen LogP contribution >= 0.6 is 0 Å². The van der Waals surface area contributed by atoms with E-state index in [1.54, 1.807) is 13.0 Å². The van der Waals surface area contributed by atoms with Gasteiger partial charge in [-0.15, -0.1) is 0 Å². The van der Waals surface area contributed by atoms with Crippen molar-refractivity contribution in [3.05, 3.63) is 29.2 Å². The Morgan fingerprint density at radius 1 is 1.53 bits per heavy atom. The van der Waals surface area contributed by atoms with Gasteiger partial charge in [-0.05, 0) is 13.8 Å². The Bertz CT molecular complexity index is 627. The molecule has 0 bridgehead atoms. The topological polar surface area (TPSA) is 76.7 Å². The first-order valence-electron chi connectivity index (χ1n) is 5.42. The van der Waals surface area contributed by atoms with Gasteiger partial charge in [0, 0.05) is 12.3 Å². The minimum Gasteiger partial charge on any atom is -0.478 e. The first-order valence-corrected chi connectivity index (χ1v) is 5.42. The minimum atomic E-state index is -3.00. The van der Waals surface area contributed by atoms with Gasteiger partial charge in [0.2, 0.25) is 0 Å². The summed E-state index contributed by atoms with van der Waals surface area (Å²) in [7, 11) is 0. The fourth-order valence-electron chi connectivity index (χ4n) is 1.84. The van der Waals surface area contributed by atoms with Crippen molar-refractivity contribution < 1.29 is 23.4 Å². The molecule has 1 atom stereocenters. The summed E-state index contributed by atoms with van der Waals surface area (Å²) in [6.45, 7) is 0.0265. The van der Waals surface area contributed by atoms with Crippen LogP contribution in [0.2, 0.25) is 0 Å². The van der Waals surface area contributed by atoms with Gasteiger partial charge >= 0.3 is 12.6 Å². The Morgan fingerprint density at radius 3 is 2.79 bits per heavy atom. The number of halogens is 2. The number of carboxylic acid groups (broad SMARTS) is 1. The molecule has 19 heavy (non-hydrogen) atoms. The summed E-state index contributed by atoms with van der Waals surface area (Å²) in [6, 6.07) is 1.62. The van der Waals surface area contributed by atoms with E-state index >= 15 is 0 Å². The minimum absolute atomic E-state index is 0.0332. The normalized spacial score (nSPS) is 13.1. The molecule has 0 spiro atoms. The number of carboxylic acids is 1. The number of carbonyl (C=O) groups is 1. The van der Waals surface area contributed by atoms with Gasteiger partial charge in [-0.2, -0.15) is 13.9 Å². The van der Waals surface area contributed by atoms with E-state index in [2.05, 4.69) is 14.8 Å². The lowest BCUT2D eigenvalue weighted by Crippen LogP contribution is -2.16. The van der Waals surface area contributed by atoms with Gasteiger partial charge in [0.05, 0.1) is 11.4 Å². The molecule has 0 amide bonds. The molecule has 2 aromatic heterocycles. The van der Waals surface area contributed by atoms with E-state index in [9.17, 15) is 13.6 Å². The zero-order valence-electron chi connectivity index (χ0n) is 10.2. The van der Waals surface area contributed by atoms with E-state index in [1.807, 2.05) is 0 Å². The van der Waals surface area contributed by atoms with Crippen LogP contribution in [0.3, 0.4) is 0 Å². The van der Waals surface area contributed by atoms with Crippen LogP contribution in [0.1, 0.15) is 34.8 Å². The lowest BCUT2D eigenvalue weighted by Gasteiger charge is -2.15. The highest BCUT2D eigenvalue weighted by atomic mass is 19.3.